The van der Waals surface area contributed by atoms with Crippen LogP contribution in [0.5, 0.6) is 11.5 Å². The zero-order chi connectivity index (χ0) is 29.1. The average molecular weight is 572 g/mol. The molecular formula is C31H41NO7S. The van der Waals surface area contributed by atoms with Gasteiger partial charge in [0.15, 0.2) is 11.5 Å². The average Bonchev–Trinajstić information content (AvgIpc) is 3.18. The van der Waals surface area contributed by atoms with Crippen molar-refractivity contribution in [1.82, 2.24) is 4.90 Å². The molecule has 1 heterocycles. The number of fused-ring (bicyclic) bond motifs is 1. The molecule has 0 unspecified atom stereocenters. The number of methoxy groups -OCH3 is 1. The fraction of sp³-hybridized carbons (Fsp3) is 0.516. The van der Waals surface area contributed by atoms with E-state index in [2.05, 4.69) is 0 Å². The Hall–Kier alpha value is -3.20. The van der Waals surface area contributed by atoms with Crippen molar-refractivity contribution in [2.75, 3.05) is 25.7 Å². The van der Waals surface area contributed by atoms with Gasteiger partial charge >= 0.3 is 0 Å². The number of unbranched alkanes of at least 4 members (excludes halogenated alkanes) is 8. The Morgan fingerprint density at radius 3 is 2.20 bits per heavy atom. The monoisotopic (exact) mass is 571 g/mol. The molecule has 0 spiro atoms. The second-order valence-electron chi connectivity index (χ2n) is 10.3. The Balaban J connectivity index is 1.76. The Morgan fingerprint density at radius 1 is 0.900 bits per heavy atom. The van der Waals surface area contributed by atoms with E-state index in [-0.39, 0.29) is 0 Å². The van der Waals surface area contributed by atoms with Gasteiger partial charge in [-0.25, -0.2) is 8.42 Å². The van der Waals surface area contributed by atoms with Gasteiger partial charge in [0.25, 0.3) is 11.8 Å². The van der Waals surface area contributed by atoms with Crippen molar-refractivity contribution in [3.8, 4) is 11.5 Å². The normalized spacial score (nSPS) is 13.8. The van der Waals surface area contributed by atoms with Crippen LogP contribution in [0.25, 0.3) is 0 Å². The minimum absolute atomic E-state index is 0.315. The molecule has 0 aromatic heterocycles. The molecule has 0 fully saturated rings. The second-order valence-corrected chi connectivity index (χ2v) is 12.5. The molecule has 1 aliphatic heterocycles. The third-order valence-electron chi connectivity index (χ3n) is 7.20. The first kappa shape index (κ1) is 31.3. The summed E-state index contributed by atoms with van der Waals surface area (Å²) >= 11 is 0. The van der Waals surface area contributed by atoms with Gasteiger partial charge in [-0.2, -0.15) is 0 Å². The first-order valence-corrected chi connectivity index (χ1v) is 16.2. The topological polar surface area (TPSA) is 107 Å². The molecule has 0 aliphatic carbocycles. The fourth-order valence-electron chi connectivity index (χ4n) is 5.24. The Kier molecular flexibility index (Phi) is 11.7. The first-order chi connectivity index (χ1) is 19.2. The number of carbonyl (C=O) groups is 3. The standard InChI is InChI=1S/C31H41NO7S/c1-4-39-28-21-24(18-19-27(28)38-2)26(22-40(3,36)37)32-30(34)25-17-14-16-23(29(25)31(32)35)15-12-10-8-6-5-7-9-11-13-20-33/h14,16-21,26H,4-13,15,22H2,1-3H3/t26-/m1/s1. The van der Waals surface area contributed by atoms with Gasteiger partial charge in [-0.05, 0) is 55.5 Å². The minimum Gasteiger partial charge on any atom is -0.493 e. The summed E-state index contributed by atoms with van der Waals surface area (Å²) < 4.78 is 35.9. The van der Waals surface area contributed by atoms with Crippen LogP contribution in [0, 0.1) is 0 Å². The maximum absolute atomic E-state index is 13.8. The lowest BCUT2D eigenvalue weighted by molar-refractivity contribution is -0.107. The molecule has 3 rings (SSSR count). The number of hydrogen-bond donors (Lipinski definition) is 0. The summed E-state index contributed by atoms with van der Waals surface area (Å²) in [7, 11) is -2.05. The molecule has 2 aromatic carbocycles. The van der Waals surface area contributed by atoms with Crippen molar-refractivity contribution in [1.29, 1.82) is 0 Å². The van der Waals surface area contributed by atoms with Crippen molar-refractivity contribution in [2.45, 2.75) is 77.2 Å². The van der Waals surface area contributed by atoms with Crippen molar-refractivity contribution < 1.29 is 32.3 Å². The summed E-state index contributed by atoms with van der Waals surface area (Å²) in [6.07, 6.45) is 11.9. The van der Waals surface area contributed by atoms with Crippen LogP contribution in [0.1, 0.15) is 103 Å². The summed E-state index contributed by atoms with van der Waals surface area (Å²) in [6.45, 7) is 2.19. The van der Waals surface area contributed by atoms with Crippen molar-refractivity contribution in [3.63, 3.8) is 0 Å². The molecular weight excluding hydrogens is 530 g/mol. The Morgan fingerprint density at radius 2 is 1.57 bits per heavy atom. The molecule has 8 nitrogen and oxygen atoms in total. The summed E-state index contributed by atoms with van der Waals surface area (Å²) in [5, 5.41) is 0. The number of ether oxygens (including phenoxy) is 2. The van der Waals surface area contributed by atoms with Crippen molar-refractivity contribution in [2.24, 2.45) is 0 Å². The van der Waals surface area contributed by atoms with E-state index < -0.39 is 33.4 Å². The van der Waals surface area contributed by atoms with Crippen LogP contribution < -0.4 is 9.47 Å². The molecule has 0 radical (unpaired) electrons. The van der Waals surface area contributed by atoms with Crippen molar-refractivity contribution in [3.05, 3.63) is 58.7 Å². The molecule has 2 aromatic rings. The molecule has 40 heavy (non-hydrogen) atoms. The molecule has 0 saturated heterocycles. The maximum atomic E-state index is 13.8. The van der Waals surface area contributed by atoms with Gasteiger partial charge in [0.05, 0.1) is 36.6 Å². The van der Waals surface area contributed by atoms with Crippen LogP contribution in [0.3, 0.4) is 0 Å². The quantitative estimate of drug-likeness (QED) is 0.128. The largest absolute Gasteiger partial charge is 0.493 e. The number of rotatable bonds is 18. The number of hydrogen-bond acceptors (Lipinski definition) is 7. The van der Waals surface area contributed by atoms with Gasteiger partial charge in [-0.15, -0.1) is 0 Å². The number of imide groups is 1. The highest BCUT2D eigenvalue weighted by atomic mass is 32.2. The van der Waals surface area contributed by atoms with E-state index in [4.69, 9.17) is 9.47 Å². The lowest BCUT2D eigenvalue weighted by Gasteiger charge is -2.27. The highest BCUT2D eigenvalue weighted by molar-refractivity contribution is 7.90. The molecule has 218 valence electrons. The van der Waals surface area contributed by atoms with E-state index >= 15 is 0 Å². The zero-order valence-electron chi connectivity index (χ0n) is 23.8. The van der Waals surface area contributed by atoms with E-state index in [1.165, 1.54) is 7.11 Å². The summed E-state index contributed by atoms with van der Waals surface area (Å²) in [6, 6.07) is 9.27. The Bertz CT molecular complexity index is 1290. The fourth-order valence-corrected chi connectivity index (χ4v) is 6.16. The van der Waals surface area contributed by atoms with E-state index in [0.29, 0.717) is 47.6 Å². The number of carbonyl (C=O) groups excluding carboxylic acids is 3. The van der Waals surface area contributed by atoms with Gasteiger partial charge in [0, 0.05) is 12.7 Å². The van der Waals surface area contributed by atoms with E-state index in [1.807, 2.05) is 13.0 Å². The van der Waals surface area contributed by atoms with Crippen LogP contribution in [0.4, 0.5) is 0 Å². The van der Waals surface area contributed by atoms with Gasteiger partial charge in [0.1, 0.15) is 16.1 Å². The van der Waals surface area contributed by atoms with Gasteiger partial charge in [-0.1, -0.05) is 56.7 Å². The van der Waals surface area contributed by atoms with Gasteiger partial charge in [0.2, 0.25) is 0 Å². The lowest BCUT2D eigenvalue weighted by atomic mass is 9.97. The predicted molar refractivity (Wildman–Crippen MR) is 155 cm³/mol. The SMILES string of the molecule is CCOc1cc([C@@H](CS(C)(=O)=O)N2C(=O)c3cccc(CCCCCCCCCCC=O)c3C2=O)ccc1OC. The second kappa shape index (κ2) is 15.0. The van der Waals surface area contributed by atoms with Crippen LogP contribution >= 0.6 is 0 Å². The summed E-state index contributed by atoms with van der Waals surface area (Å²) in [5.74, 6) is -0.460. The number of aryl methyl sites for hydroxylation is 1. The minimum atomic E-state index is -3.56. The molecule has 0 bridgehead atoms. The third-order valence-corrected chi connectivity index (χ3v) is 8.12. The van der Waals surface area contributed by atoms with Crippen molar-refractivity contribution >= 4 is 27.9 Å². The molecule has 9 heteroatoms. The molecule has 2 amide bonds. The van der Waals surface area contributed by atoms with Crippen LogP contribution in [-0.2, 0) is 21.1 Å². The molecule has 1 aliphatic rings. The van der Waals surface area contributed by atoms with E-state index in [0.717, 1.165) is 74.4 Å². The number of amides is 2. The zero-order valence-corrected chi connectivity index (χ0v) is 24.6. The number of nitrogens with zero attached hydrogens (tertiary/aromatic N) is 1. The lowest BCUT2D eigenvalue weighted by Crippen LogP contribution is -2.37. The smallest absolute Gasteiger partial charge is 0.262 e. The third kappa shape index (κ3) is 8.16. The first-order valence-electron chi connectivity index (χ1n) is 14.1. The Labute approximate surface area is 238 Å². The number of benzene rings is 2. The molecule has 0 N–H and O–H groups in total. The van der Waals surface area contributed by atoms with E-state index in [9.17, 15) is 22.8 Å². The predicted octanol–water partition coefficient (Wildman–Crippen LogP) is 5.73. The number of sulfone groups is 1. The highest BCUT2D eigenvalue weighted by Crippen LogP contribution is 2.37. The van der Waals surface area contributed by atoms with Crippen LogP contribution in [0.15, 0.2) is 36.4 Å². The summed E-state index contributed by atoms with van der Waals surface area (Å²) in [4.78, 5) is 38.8. The summed E-state index contributed by atoms with van der Waals surface area (Å²) in [5.41, 5.74) is 1.99. The molecule has 1 atom stereocenters. The van der Waals surface area contributed by atoms with Gasteiger partial charge < -0.3 is 14.3 Å². The van der Waals surface area contributed by atoms with Gasteiger partial charge in [-0.3, -0.25) is 14.5 Å². The number of aldehydes is 1. The van der Waals surface area contributed by atoms with Crippen LogP contribution in [-0.4, -0.2) is 57.1 Å². The highest BCUT2D eigenvalue weighted by Gasteiger charge is 2.43. The van der Waals surface area contributed by atoms with Crippen LogP contribution in [0.2, 0.25) is 0 Å². The molecule has 0 saturated carbocycles. The maximum Gasteiger partial charge on any atom is 0.262 e. The van der Waals surface area contributed by atoms with E-state index in [1.54, 1.807) is 30.3 Å².